The van der Waals surface area contributed by atoms with E-state index in [2.05, 4.69) is 11.6 Å². The van der Waals surface area contributed by atoms with Gasteiger partial charge in [0.15, 0.2) is 0 Å². The van der Waals surface area contributed by atoms with Gasteiger partial charge in [0.05, 0.1) is 0 Å². The molecule has 1 aromatic rings. The number of aromatic amines is 1. The first-order chi connectivity index (χ1) is 5.74. The van der Waals surface area contributed by atoms with Gasteiger partial charge in [0, 0.05) is 18.3 Å². The third-order valence-electron chi connectivity index (χ3n) is 1.66. The highest BCUT2D eigenvalue weighted by Gasteiger charge is 2.02. The Morgan fingerprint density at radius 2 is 2.42 bits per heavy atom. The van der Waals surface area contributed by atoms with Gasteiger partial charge in [-0.2, -0.15) is 0 Å². The molecule has 1 atom stereocenters. The molecule has 0 aliphatic heterocycles. The fourth-order valence-corrected chi connectivity index (χ4v) is 0.969. The maximum Gasteiger partial charge on any atom is 0.247 e. The summed E-state index contributed by atoms with van der Waals surface area (Å²) in [6, 6.07) is 3.13. The Bertz CT molecular complexity index is 296. The summed E-state index contributed by atoms with van der Waals surface area (Å²) in [6.45, 7) is 3.59. The molecule has 0 radical (unpaired) electrons. The van der Waals surface area contributed by atoms with Crippen LogP contribution >= 0.6 is 0 Å². The molecule has 0 saturated heterocycles. The van der Waals surface area contributed by atoms with Gasteiger partial charge in [-0.25, -0.2) is 0 Å². The molecule has 1 heterocycles. The summed E-state index contributed by atoms with van der Waals surface area (Å²) in [5.41, 5.74) is 6.58. The third kappa shape index (κ3) is 2.07. The van der Waals surface area contributed by atoms with Crippen molar-refractivity contribution >= 4 is 0 Å². The molecule has 12 heavy (non-hydrogen) atoms. The van der Waals surface area contributed by atoms with Crippen LogP contribution in [0.25, 0.3) is 0 Å². The zero-order chi connectivity index (χ0) is 8.97. The highest BCUT2D eigenvalue weighted by atomic mass is 16.1. The number of H-pyrrole nitrogens is 1. The Morgan fingerprint density at radius 3 is 2.92 bits per heavy atom. The van der Waals surface area contributed by atoms with Crippen molar-refractivity contribution in [1.29, 1.82) is 0 Å². The molecule has 0 aliphatic rings. The molecule has 3 heteroatoms. The van der Waals surface area contributed by atoms with E-state index in [1.54, 1.807) is 18.3 Å². The fraction of sp³-hybridized carbons (Fsp3) is 0.222. The molecule has 0 unspecified atom stereocenters. The van der Waals surface area contributed by atoms with Gasteiger partial charge in [-0.1, -0.05) is 12.1 Å². The molecule has 64 valence electrons. The van der Waals surface area contributed by atoms with E-state index in [4.69, 9.17) is 5.73 Å². The summed E-state index contributed by atoms with van der Waals surface area (Å²) < 4.78 is 0. The Labute approximate surface area is 70.9 Å². The first-order valence-electron chi connectivity index (χ1n) is 3.79. The van der Waals surface area contributed by atoms with Crippen molar-refractivity contribution in [2.75, 3.05) is 0 Å². The number of pyridine rings is 1. The number of hydrogen-bond donors (Lipinski definition) is 2. The average Bonchev–Trinajstić information content (AvgIpc) is 2.06. The Morgan fingerprint density at radius 1 is 1.67 bits per heavy atom. The SMILES string of the molecule is C=CC[C@@H](N)c1ccc(=O)[nH]c1. The number of rotatable bonds is 3. The Hall–Kier alpha value is -1.35. The van der Waals surface area contributed by atoms with Gasteiger partial charge in [0.1, 0.15) is 0 Å². The van der Waals surface area contributed by atoms with Gasteiger partial charge in [-0.15, -0.1) is 6.58 Å². The molecular weight excluding hydrogens is 152 g/mol. The zero-order valence-electron chi connectivity index (χ0n) is 6.79. The molecule has 0 amide bonds. The molecule has 0 aliphatic carbocycles. The lowest BCUT2D eigenvalue weighted by atomic mass is 10.1. The normalized spacial score (nSPS) is 12.4. The molecule has 0 fully saturated rings. The summed E-state index contributed by atoms with van der Waals surface area (Å²) >= 11 is 0. The molecule has 3 N–H and O–H groups in total. The van der Waals surface area contributed by atoms with E-state index in [0.29, 0.717) is 6.42 Å². The van der Waals surface area contributed by atoms with E-state index in [1.165, 1.54) is 6.07 Å². The van der Waals surface area contributed by atoms with Crippen LogP contribution in [0.15, 0.2) is 35.8 Å². The lowest BCUT2D eigenvalue weighted by Crippen LogP contribution is -2.12. The molecule has 0 saturated carbocycles. The second kappa shape index (κ2) is 3.88. The average molecular weight is 164 g/mol. The minimum atomic E-state index is -0.107. The van der Waals surface area contributed by atoms with Gasteiger partial charge >= 0.3 is 0 Å². The standard InChI is InChI=1S/C9H12N2O/c1-2-3-8(10)7-4-5-9(12)11-6-7/h2,4-6,8H,1,3,10H2,(H,11,12)/t8-/m1/s1. The van der Waals surface area contributed by atoms with Gasteiger partial charge in [0.25, 0.3) is 0 Å². The quantitative estimate of drug-likeness (QED) is 0.653. The van der Waals surface area contributed by atoms with Crippen molar-refractivity contribution in [3.8, 4) is 0 Å². The smallest absolute Gasteiger partial charge is 0.247 e. The number of hydrogen-bond acceptors (Lipinski definition) is 2. The van der Waals surface area contributed by atoms with Crippen molar-refractivity contribution in [3.05, 3.63) is 46.9 Å². The van der Waals surface area contributed by atoms with Gasteiger partial charge in [-0.3, -0.25) is 4.79 Å². The summed E-state index contributed by atoms with van der Waals surface area (Å²) in [5.74, 6) is 0. The van der Waals surface area contributed by atoms with Crippen molar-refractivity contribution in [2.24, 2.45) is 5.73 Å². The molecule has 0 aromatic carbocycles. The second-order valence-electron chi connectivity index (χ2n) is 2.62. The largest absolute Gasteiger partial charge is 0.329 e. The van der Waals surface area contributed by atoms with E-state index >= 15 is 0 Å². The van der Waals surface area contributed by atoms with E-state index in [1.807, 2.05) is 0 Å². The number of nitrogens with two attached hydrogens (primary N) is 1. The molecular formula is C9H12N2O. The highest BCUT2D eigenvalue weighted by molar-refractivity contribution is 5.13. The maximum absolute atomic E-state index is 10.7. The highest BCUT2D eigenvalue weighted by Crippen LogP contribution is 2.10. The van der Waals surface area contributed by atoms with Gasteiger partial charge in [-0.05, 0) is 12.0 Å². The second-order valence-corrected chi connectivity index (χ2v) is 2.62. The van der Waals surface area contributed by atoms with Gasteiger partial charge in [0.2, 0.25) is 5.56 Å². The van der Waals surface area contributed by atoms with E-state index in [0.717, 1.165) is 5.56 Å². The van der Waals surface area contributed by atoms with Crippen LogP contribution in [0.3, 0.4) is 0 Å². The molecule has 1 aromatic heterocycles. The first-order valence-corrected chi connectivity index (χ1v) is 3.79. The predicted octanol–water partition coefficient (Wildman–Crippen LogP) is 0.951. The zero-order valence-corrected chi connectivity index (χ0v) is 6.79. The van der Waals surface area contributed by atoms with Crippen LogP contribution in [0.2, 0.25) is 0 Å². The minimum Gasteiger partial charge on any atom is -0.329 e. The monoisotopic (exact) mass is 164 g/mol. The van der Waals surface area contributed by atoms with Crippen LogP contribution in [0.1, 0.15) is 18.0 Å². The van der Waals surface area contributed by atoms with E-state index in [-0.39, 0.29) is 11.6 Å². The van der Waals surface area contributed by atoms with Crippen LogP contribution in [0, 0.1) is 0 Å². The number of aromatic nitrogens is 1. The lowest BCUT2D eigenvalue weighted by Gasteiger charge is -2.07. The van der Waals surface area contributed by atoms with Crippen molar-refractivity contribution in [2.45, 2.75) is 12.5 Å². The molecule has 0 spiro atoms. The molecule has 3 nitrogen and oxygen atoms in total. The van der Waals surface area contributed by atoms with Crippen LogP contribution < -0.4 is 11.3 Å². The molecule has 0 bridgehead atoms. The van der Waals surface area contributed by atoms with E-state index < -0.39 is 0 Å². The van der Waals surface area contributed by atoms with Crippen LogP contribution in [-0.2, 0) is 0 Å². The maximum atomic E-state index is 10.7. The van der Waals surface area contributed by atoms with Crippen LogP contribution in [0.5, 0.6) is 0 Å². The summed E-state index contributed by atoms with van der Waals surface area (Å²) in [5, 5.41) is 0. The first kappa shape index (κ1) is 8.74. The minimum absolute atomic E-state index is 0.0700. The summed E-state index contributed by atoms with van der Waals surface area (Å²) in [7, 11) is 0. The van der Waals surface area contributed by atoms with Crippen LogP contribution in [-0.4, -0.2) is 4.98 Å². The van der Waals surface area contributed by atoms with Crippen molar-refractivity contribution in [3.63, 3.8) is 0 Å². The predicted molar refractivity (Wildman–Crippen MR) is 48.8 cm³/mol. The van der Waals surface area contributed by atoms with Gasteiger partial charge < -0.3 is 10.7 Å². The summed E-state index contributed by atoms with van der Waals surface area (Å²) in [4.78, 5) is 13.3. The van der Waals surface area contributed by atoms with E-state index in [9.17, 15) is 4.79 Å². The van der Waals surface area contributed by atoms with Crippen LogP contribution in [0.4, 0.5) is 0 Å². The number of nitrogens with one attached hydrogen (secondary N) is 1. The third-order valence-corrected chi connectivity index (χ3v) is 1.66. The lowest BCUT2D eigenvalue weighted by molar-refractivity contribution is 0.736. The Balaban J connectivity index is 2.81. The topological polar surface area (TPSA) is 58.9 Å². The summed E-state index contributed by atoms with van der Waals surface area (Å²) in [6.07, 6.45) is 4.11. The molecule has 1 rings (SSSR count). The Kier molecular flexibility index (Phi) is 2.82. The fourth-order valence-electron chi connectivity index (χ4n) is 0.969. The van der Waals surface area contributed by atoms with Crippen molar-refractivity contribution < 1.29 is 0 Å². The van der Waals surface area contributed by atoms with Crippen molar-refractivity contribution in [1.82, 2.24) is 4.98 Å².